The van der Waals surface area contributed by atoms with Crippen molar-refractivity contribution in [1.29, 1.82) is 0 Å². The molecule has 2 fully saturated rings. The largest absolute Gasteiger partial charge is 0.344 e. The lowest BCUT2D eigenvalue weighted by atomic mass is 9.79. The van der Waals surface area contributed by atoms with E-state index >= 15 is 0 Å². The average Bonchev–Trinajstić information content (AvgIpc) is 3.88. The summed E-state index contributed by atoms with van der Waals surface area (Å²) in [6, 6.07) is 9.50. The maximum absolute atomic E-state index is 12.8. The molecule has 18 nitrogen and oxygen atoms in total. The molecule has 8 rings (SSSR count). The van der Waals surface area contributed by atoms with Crippen LogP contribution in [0.15, 0.2) is 103 Å². The molecular formula is C39H40BrN2O16S8+. The van der Waals surface area contributed by atoms with E-state index in [0.29, 0.717) is 63.5 Å². The predicted molar refractivity (Wildman–Crippen MR) is 258 cm³/mol. The fourth-order valence-electron chi connectivity index (χ4n) is 9.09. The molecule has 0 bridgehead atoms. The lowest BCUT2D eigenvalue weighted by molar-refractivity contribution is -0.437. The van der Waals surface area contributed by atoms with Crippen LogP contribution in [0.5, 0.6) is 0 Å². The molecule has 4 heterocycles. The number of allylic oxidation sites excluding steroid dienone is 6. The minimum absolute atomic E-state index is 0.00508. The number of rotatable bonds is 14. The molecule has 27 heteroatoms. The van der Waals surface area contributed by atoms with Gasteiger partial charge < -0.3 is 4.90 Å². The van der Waals surface area contributed by atoms with Gasteiger partial charge in [0.2, 0.25) is 5.69 Å². The van der Waals surface area contributed by atoms with Gasteiger partial charge in [-0.25, -0.2) is 0 Å². The van der Waals surface area contributed by atoms with Gasteiger partial charge >= 0.3 is 0 Å². The van der Waals surface area contributed by atoms with Gasteiger partial charge in [0.05, 0.1) is 21.0 Å². The van der Waals surface area contributed by atoms with E-state index in [4.69, 9.17) is 0 Å². The van der Waals surface area contributed by atoms with Gasteiger partial charge in [0.15, 0.2) is 15.7 Å². The molecule has 0 unspecified atom stereocenters. The number of thiol groups is 1. The van der Waals surface area contributed by atoms with Crippen LogP contribution in [-0.2, 0) is 69.4 Å². The fourth-order valence-corrected chi connectivity index (χ4v) is 22.9. The third kappa shape index (κ3) is 8.68. The Morgan fingerprint density at radius 2 is 1.24 bits per heavy atom. The molecule has 4 aliphatic heterocycles. The van der Waals surface area contributed by atoms with Gasteiger partial charge in [-0.3, -0.25) is 27.0 Å². The Hall–Kier alpha value is -3.03. The molecule has 0 aromatic heterocycles. The monoisotopic (exact) mass is 1130 g/mol. The Morgan fingerprint density at radius 3 is 1.73 bits per heavy atom. The van der Waals surface area contributed by atoms with E-state index in [1.165, 1.54) is 39.8 Å². The molecule has 4 aromatic rings. The average molecular weight is 1130 g/mol. The van der Waals surface area contributed by atoms with Crippen molar-refractivity contribution in [3.05, 3.63) is 94.1 Å². The van der Waals surface area contributed by atoms with Gasteiger partial charge in [0, 0.05) is 70.7 Å². The predicted octanol–water partition coefficient (Wildman–Crippen LogP) is 6.53. The van der Waals surface area contributed by atoms with E-state index in [1.807, 2.05) is 18.4 Å². The first-order valence-electron chi connectivity index (χ1n) is 19.4. The number of hydrogen-bond donors (Lipinski definition) is 6. The van der Waals surface area contributed by atoms with Crippen molar-refractivity contribution >= 4 is 135 Å². The normalized spacial score (nSPS) is 22.3. The van der Waals surface area contributed by atoms with Crippen molar-refractivity contribution in [2.45, 2.75) is 74.4 Å². The summed E-state index contributed by atoms with van der Waals surface area (Å²) in [7, 11) is -23.9. The van der Waals surface area contributed by atoms with E-state index in [-0.39, 0.29) is 34.5 Å². The number of halogens is 1. The molecule has 4 aliphatic rings. The van der Waals surface area contributed by atoms with Gasteiger partial charge in [-0.2, -0.15) is 46.7 Å². The Bertz CT molecular complexity index is 3650. The van der Waals surface area contributed by atoms with Gasteiger partial charge in [-0.05, 0) is 113 Å². The van der Waals surface area contributed by atoms with Crippen LogP contribution in [0, 0.1) is 0 Å². The summed E-state index contributed by atoms with van der Waals surface area (Å²) in [5, 5.41) is 0.133. The Morgan fingerprint density at radius 1 is 0.727 bits per heavy atom. The number of anilines is 1. The zero-order valence-corrected chi connectivity index (χ0v) is 43.0. The van der Waals surface area contributed by atoms with Gasteiger partial charge in [0.25, 0.3) is 50.6 Å². The molecule has 0 saturated carbocycles. The highest BCUT2D eigenvalue weighted by atomic mass is 79.9. The van der Waals surface area contributed by atoms with Crippen LogP contribution in [0.25, 0.3) is 21.5 Å². The van der Waals surface area contributed by atoms with E-state index < -0.39 is 98.2 Å². The van der Waals surface area contributed by atoms with Gasteiger partial charge in [0.1, 0.15) is 9.79 Å². The number of fused-ring (bicyclic) bond motifs is 7. The number of nitrogens with zero attached hydrogens (tertiary/aromatic N) is 2. The molecule has 0 amide bonds. The Balaban J connectivity index is 1.25. The van der Waals surface area contributed by atoms with Crippen LogP contribution >= 0.6 is 37.5 Å². The summed E-state index contributed by atoms with van der Waals surface area (Å²) < 4.78 is 188. The number of benzene rings is 4. The third-order valence-electron chi connectivity index (χ3n) is 12.1. The highest BCUT2D eigenvalue weighted by molar-refractivity contribution is 9.38. The van der Waals surface area contributed by atoms with Crippen LogP contribution in [0.1, 0.15) is 51.7 Å². The quantitative estimate of drug-likeness (QED) is 0.0195. The number of hydrogen-bond acceptors (Lipinski definition) is 14. The molecule has 0 aliphatic carbocycles. The Kier molecular flexibility index (Phi) is 11.8. The zero-order chi connectivity index (χ0) is 48.7. The zero-order valence-electron chi connectivity index (χ0n) is 34.8. The fraction of sp³-hybridized carbons (Fsp3) is 0.308. The second-order valence-corrected chi connectivity index (χ2v) is 34.4. The first kappa shape index (κ1) is 49.4. The first-order valence-corrected chi connectivity index (χ1v) is 32.1. The third-order valence-corrected chi connectivity index (χ3v) is 28.1. The second kappa shape index (κ2) is 15.7. The maximum atomic E-state index is 12.8. The first-order chi connectivity index (χ1) is 30.1. The van der Waals surface area contributed by atoms with Crippen LogP contribution in [0.2, 0.25) is 0 Å². The minimum Gasteiger partial charge on any atom is -0.344 e. The summed E-state index contributed by atoms with van der Waals surface area (Å²) in [6.45, 7) is 7.49. The molecule has 2 saturated heterocycles. The molecule has 0 atom stereocenters. The van der Waals surface area contributed by atoms with Crippen molar-refractivity contribution in [3.8, 4) is 0 Å². The second-order valence-electron chi connectivity index (χ2n) is 17.0. The molecule has 5 N–H and O–H groups in total. The van der Waals surface area contributed by atoms with Crippen LogP contribution in [0.3, 0.4) is 0 Å². The summed E-state index contributed by atoms with van der Waals surface area (Å²) in [5.74, 6) is -0.616. The van der Waals surface area contributed by atoms with E-state index in [2.05, 4.69) is 15.9 Å². The van der Waals surface area contributed by atoms with Crippen molar-refractivity contribution in [1.82, 2.24) is 0 Å². The summed E-state index contributed by atoms with van der Waals surface area (Å²) in [6.07, 6.45) is 7.25. The van der Waals surface area contributed by atoms with E-state index in [0.717, 1.165) is 12.1 Å². The smallest absolute Gasteiger partial charge is 0.295 e. The summed E-state index contributed by atoms with van der Waals surface area (Å²) >= 11 is 3.60. The molecule has 0 radical (unpaired) electrons. The van der Waals surface area contributed by atoms with Gasteiger partial charge in [-0.1, -0.05) is 35.8 Å². The van der Waals surface area contributed by atoms with E-state index in [9.17, 15) is 69.1 Å². The molecular weight excluding hydrogens is 1090 g/mol. The van der Waals surface area contributed by atoms with Gasteiger partial charge in [-0.15, -0.1) is 0 Å². The molecule has 66 heavy (non-hydrogen) atoms. The van der Waals surface area contributed by atoms with Crippen LogP contribution < -0.4 is 4.90 Å². The molecule has 0 spiro atoms. The van der Waals surface area contributed by atoms with Crippen LogP contribution in [0.4, 0.5) is 11.4 Å². The van der Waals surface area contributed by atoms with E-state index in [1.54, 1.807) is 49.1 Å². The van der Waals surface area contributed by atoms with Crippen molar-refractivity contribution in [2.24, 2.45) is 0 Å². The highest BCUT2D eigenvalue weighted by Crippen LogP contribution is 2.93. The highest BCUT2D eigenvalue weighted by Gasteiger charge is 2.81. The lowest BCUT2D eigenvalue weighted by Crippen LogP contribution is -2.28. The molecule has 356 valence electrons. The Labute approximate surface area is 397 Å². The standard InChI is InChI=1S/C39H39BrN2O16S8/c1-37(2)33(41(15-5-17-61(43,44)45)29-10-8-25-27(35(29)37)18-23(62(46,47)48)20-31(25)64(52,53)54)12-6-22(40)7-13-34-38(3,4)36-28-19-24(63(49,50)51)21-32(65(55,56)57)26(28)9-11-30(36)42(34)16-14-39-59-66(39,58)60-39/h6-13,18-21,66H,5,14-17H2,1-4H3,(H4-,43,44,45,46,47,48,49,50,51,52,53,54,55,56,57)/p+1. The molecule has 4 aromatic carbocycles. The minimum atomic E-state index is -5.03. The van der Waals surface area contributed by atoms with Crippen molar-refractivity contribution in [3.63, 3.8) is 0 Å². The van der Waals surface area contributed by atoms with Crippen molar-refractivity contribution < 1.29 is 73.6 Å². The van der Waals surface area contributed by atoms with Crippen molar-refractivity contribution in [2.75, 3.05) is 23.7 Å². The van der Waals surface area contributed by atoms with Crippen LogP contribution in [-0.4, -0.2) is 102 Å². The maximum Gasteiger partial charge on any atom is 0.295 e. The topological polar surface area (TPSA) is 295 Å². The summed E-state index contributed by atoms with van der Waals surface area (Å²) in [4.78, 5) is -1.33. The summed E-state index contributed by atoms with van der Waals surface area (Å²) in [5.41, 5.74) is 0.859. The lowest BCUT2D eigenvalue weighted by Gasteiger charge is -2.27. The SMILES string of the molecule is CC1(C)C(/C=C/C(Br)=C/C=C2/N(CCCS(=O)(=O)O)c3ccc4c(S(=O)(=O)O)cc(S(=O)(=O)O)cc4c3C2(C)C)=[N+](CCC23S[SH]2(=O)S3)c2ccc3c(S(=O)(=O)O)cc(S(=O)(=O)O)cc3c21.